The number of nitrogens with zero attached hydrogens (tertiary/aromatic N) is 1. The van der Waals surface area contributed by atoms with Crippen LogP contribution in [0.25, 0.3) is 11.1 Å². The van der Waals surface area contributed by atoms with Gasteiger partial charge in [0.25, 0.3) is 5.91 Å². The number of carbonyl (C=O) groups is 2. The summed E-state index contributed by atoms with van der Waals surface area (Å²) in [6.07, 6.45) is 0.472. The minimum Gasteiger partial charge on any atom is -0.496 e. The molecule has 0 aromatic heterocycles. The average molecular weight is 409 g/mol. The SMILES string of the molecule is COc1cccc(OC)c1-c1ccc(C(=O)N[C@@H](CC(C)C)C(=O)NCC#N)cc1. The molecule has 30 heavy (non-hydrogen) atoms. The van der Waals surface area contributed by atoms with Crippen LogP contribution >= 0.6 is 0 Å². The van der Waals surface area contributed by atoms with Gasteiger partial charge in [-0.3, -0.25) is 9.59 Å². The molecule has 0 bridgehead atoms. The van der Waals surface area contributed by atoms with E-state index in [1.807, 2.05) is 50.2 Å². The van der Waals surface area contributed by atoms with Crippen LogP contribution < -0.4 is 20.1 Å². The number of benzene rings is 2. The van der Waals surface area contributed by atoms with Crippen molar-refractivity contribution in [2.24, 2.45) is 5.92 Å². The van der Waals surface area contributed by atoms with E-state index in [9.17, 15) is 9.59 Å². The summed E-state index contributed by atoms with van der Waals surface area (Å²) in [5.41, 5.74) is 2.06. The van der Waals surface area contributed by atoms with Gasteiger partial charge in [0, 0.05) is 5.56 Å². The second-order valence-corrected chi connectivity index (χ2v) is 7.15. The Morgan fingerprint density at radius 3 is 2.13 bits per heavy atom. The summed E-state index contributed by atoms with van der Waals surface area (Å²) in [5, 5.41) is 13.9. The Morgan fingerprint density at radius 1 is 1.03 bits per heavy atom. The van der Waals surface area contributed by atoms with Crippen molar-refractivity contribution in [1.29, 1.82) is 5.26 Å². The smallest absolute Gasteiger partial charge is 0.251 e. The summed E-state index contributed by atoms with van der Waals surface area (Å²) < 4.78 is 10.9. The Kier molecular flexibility index (Phi) is 8.24. The molecule has 7 nitrogen and oxygen atoms in total. The van der Waals surface area contributed by atoms with Gasteiger partial charge in [0.05, 0.1) is 25.9 Å². The zero-order valence-corrected chi connectivity index (χ0v) is 17.7. The van der Waals surface area contributed by atoms with Crippen LogP contribution in [0, 0.1) is 17.2 Å². The number of carbonyl (C=O) groups excluding carboxylic acids is 2. The highest BCUT2D eigenvalue weighted by atomic mass is 16.5. The molecule has 0 aliphatic carbocycles. The molecule has 0 fully saturated rings. The van der Waals surface area contributed by atoms with E-state index in [1.54, 1.807) is 26.4 Å². The fourth-order valence-corrected chi connectivity index (χ4v) is 3.12. The van der Waals surface area contributed by atoms with Crippen molar-refractivity contribution < 1.29 is 19.1 Å². The maximum atomic E-state index is 12.7. The summed E-state index contributed by atoms with van der Waals surface area (Å²) in [7, 11) is 3.18. The lowest BCUT2D eigenvalue weighted by Crippen LogP contribution is -2.47. The molecule has 0 aliphatic heterocycles. The fraction of sp³-hybridized carbons (Fsp3) is 0.348. The van der Waals surface area contributed by atoms with Crippen molar-refractivity contribution in [2.75, 3.05) is 20.8 Å². The third-order valence-electron chi connectivity index (χ3n) is 4.53. The highest BCUT2D eigenvalue weighted by molar-refractivity contribution is 5.98. The van der Waals surface area contributed by atoms with E-state index in [0.29, 0.717) is 23.5 Å². The fourth-order valence-electron chi connectivity index (χ4n) is 3.12. The lowest BCUT2D eigenvalue weighted by molar-refractivity contribution is -0.123. The molecule has 0 unspecified atom stereocenters. The van der Waals surface area contributed by atoms with Crippen LogP contribution in [-0.2, 0) is 4.79 Å². The molecule has 0 radical (unpaired) electrons. The molecular formula is C23H27N3O4. The van der Waals surface area contributed by atoms with Gasteiger partial charge in [-0.05, 0) is 42.2 Å². The highest BCUT2D eigenvalue weighted by Crippen LogP contribution is 2.38. The number of nitrogens with one attached hydrogen (secondary N) is 2. The van der Waals surface area contributed by atoms with Gasteiger partial charge in [-0.15, -0.1) is 0 Å². The summed E-state index contributed by atoms with van der Waals surface area (Å²) >= 11 is 0. The van der Waals surface area contributed by atoms with Gasteiger partial charge in [-0.2, -0.15) is 5.26 Å². The first-order valence-corrected chi connectivity index (χ1v) is 9.68. The van der Waals surface area contributed by atoms with Crippen LogP contribution in [0.3, 0.4) is 0 Å². The normalized spacial score (nSPS) is 11.3. The van der Waals surface area contributed by atoms with Crippen molar-refractivity contribution in [1.82, 2.24) is 10.6 Å². The van der Waals surface area contributed by atoms with E-state index in [4.69, 9.17) is 14.7 Å². The molecule has 2 amide bonds. The maximum absolute atomic E-state index is 12.7. The second kappa shape index (κ2) is 10.9. The monoisotopic (exact) mass is 409 g/mol. The lowest BCUT2D eigenvalue weighted by Gasteiger charge is -2.19. The molecule has 2 aromatic rings. The molecule has 0 saturated carbocycles. The highest BCUT2D eigenvalue weighted by Gasteiger charge is 2.22. The zero-order chi connectivity index (χ0) is 22.1. The van der Waals surface area contributed by atoms with Gasteiger partial charge < -0.3 is 20.1 Å². The van der Waals surface area contributed by atoms with Crippen LogP contribution in [0.4, 0.5) is 0 Å². The van der Waals surface area contributed by atoms with Crippen LogP contribution in [0.15, 0.2) is 42.5 Å². The summed E-state index contributed by atoms with van der Waals surface area (Å²) in [6, 6.07) is 13.7. The molecular weight excluding hydrogens is 382 g/mol. The van der Waals surface area contributed by atoms with Crippen molar-refractivity contribution in [2.45, 2.75) is 26.3 Å². The van der Waals surface area contributed by atoms with Crippen molar-refractivity contribution in [3.63, 3.8) is 0 Å². The third-order valence-corrected chi connectivity index (χ3v) is 4.53. The van der Waals surface area contributed by atoms with Gasteiger partial charge in [0.1, 0.15) is 24.1 Å². The van der Waals surface area contributed by atoms with Crippen molar-refractivity contribution in [3.05, 3.63) is 48.0 Å². The molecule has 0 spiro atoms. The molecule has 2 N–H and O–H groups in total. The van der Waals surface area contributed by atoms with E-state index in [-0.39, 0.29) is 24.3 Å². The quantitative estimate of drug-likeness (QED) is 0.620. The van der Waals surface area contributed by atoms with E-state index >= 15 is 0 Å². The summed E-state index contributed by atoms with van der Waals surface area (Å²) in [4.78, 5) is 25.0. The van der Waals surface area contributed by atoms with Crippen molar-refractivity contribution in [3.8, 4) is 28.7 Å². The molecule has 0 aliphatic rings. The summed E-state index contributed by atoms with van der Waals surface area (Å²) in [5.74, 6) is 0.805. The molecule has 2 aromatic carbocycles. The van der Waals surface area contributed by atoms with Crippen LogP contribution in [0.5, 0.6) is 11.5 Å². The minimum absolute atomic E-state index is 0.0985. The number of rotatable bonds is 9. The number of nitriles is 1. The molecule has 2 rings (SSSR count). The van der Waals surface area contributed by atoms with Crippen molar-refractivity contribution >= 4 is 11.8 Å². The molecule has 1 atom stereocenters. The molecule has 0 heterocycles. The number of amides is 2. The summed E-state index contributed by atoms with van der Waals surface area (Å²) in [6.45, 7) is 3.83. The van der Waals surface area contributed by atoms with Gasteiger partial charge >= 0.3 is 0 Å². The van der Waals surface area contributed by atoms with Gasteiger partial charge in [-0.1, -0.05) is 32.0 Å². The largest absolute Gasteiger partial charge is 0.496 e. The minimum atomic E-state index is -0.708. The lowest BCUT2D eigenvalue weighted by atomic mass is 10.0. The first-order chi connectivity index (χ1) is 14.4. The van der Waals surface area contributed by atoms with Gasteiger partial charge in [0.2, 0.25) is 5.91 Å². The van der Waals surface area contributed by atoms with E-state index < -0.39 is 6.04 Å². The Morgan fingerprint density at radius 2 is 1.63 bits per heavy atom. The Bertz CT molecular complexity index is 895. The molecule has 7 heteroatoms. The third kappa shape index (κ3) is 5.74. The first-order valence-electron chi connectivity index (χ1n) is 9.68. The average Bonchev–Trinajstić information content (AvgIpc) is 2.76. The van der Waals surface area contributed by atoms with E-state index in [1.165, 1.54) is 0 Å². The number of methoxy groups -OCH3 is 2. The standard InChI is InChI=1S/C23H27N3O4/c1-15(2)14-18(23(28)25-13-12-24)26-22(27)17-10-8-16(9-11-17)21-19(29-3)6-5-7-20(21)30-4/h5-11,15,18H,13-14H2,1-4H3,(H,25,28)(H,26,27)/t18-/m0/s1. The zero-order valence-electron chi connectivity index (χ0n) is 17.7. The number of hydrogen-bond donors (Lipinski definition) is 2. The topological polar surface area (TPSA) is 100 Å². The van der Waals surface area contributed by atoms with Gasteiger partial charge in [0.15, 0.2) is 0 Å². The van der Waals surface area contributed by atoms with Crippen LogP contribution in [-0.4, -0.2) is 38.6 Å². The Labute approximate surface area is 177 Å². The second-order valence-electron chi connectivity index (χ2n) is 7.15. The molecule has 158 valence electrons. The number of ether oxygens (including phenoxy) is 2. The first kappa shape index (κ1) is 22.8. The maximum Gasteiger partial charge on any atom is 0.251 e. The van der Waals surface area contributed by atoms with E-state index in [2.05, 4.69) is 10.6 Å². The molecule has 0 saturated heterocycles. The Hall–Kier alpha value is -3.53. The predicted octanol–water partition coefficient (Wildman–Crippen LogP) is 3.16. The van der Waals surface area contributed by atoms with Crippen LogP contribution in [0.2, 0.25) is 0 Å². The number of hydrogen-bond acceptors (Lipinski definition) is 5. The predicted molar refractivity (Wildman–Crippen MR) is 114 cm³/mol. The Balaban J connectivity index is 2.22. The van der Waals surface area contributed by atoms with Gasteiger partial charge in [-0.25, -0.2) is 0 Å². The van der Waals surface area contributed by atoms with Crippen LogP contribution in [0.1, 0.15) is 30.6 Å². The van der Waals surface area contributed by atoms with E-state index in [0.717, 1.165) is 11.1 Å².